The highest BCUT2D eigenvalue weighted by atomic mass is 14.8. The number of aryl methyl sites for hydroxylation is 1. The summed E-state index contributed by atoms with van der Waals surface area (Å²) in [5.74, 6) is 0. The fourth-order valence-electron chi connectivity index (χ4n) is 2.46. The molecule has 3 rings (SSSR count). The van der Waals surface area contributed by atoms with Gasteiger partial charge in [-0.1, -0.05) is 31.5 Å². The van der Waals surface area contributed by atoms with Gasteiger partial charge in [0.25, 0.3) is 0 Å². The molecule has 0 fully saturated rings. The van der Waals surface area contributed by atoms with Crippen LogP contribution in [0.25, 0.3) is 22.8 Å². The summed E-state index contributed by atoms with van der Waals surface area (Å²) in [7, 11) is 0. The van der Waals surface area contributed by atoms with Crippen molar-refractivity contribution < 1.29 is 0 Å². The molecule has 0 unspecified atom stereocenters. The average Bonchev–Trinajstić information content (AvgIpc) is 2.61. The summed E-state index contributed by atoms with van der Waals surface area (Å²) >= 11 is 0. The van der Waals surface area contributed by atoms with Crippen molar-refractivity contribution in [2.75, 3.05) is 0 Å². The van der Waals surface area contributed by atoms with Crippen LogP contribution in [0.15, 0.2) is 60.9 Å². The molecule has 0 spiro atoms. The molecule has 0 saturated carbocycles. The number of nitrogens with zero attached hydrogens (tertiary/aromatic N) is 3. The third-order valence-corrected chi connectivity index (χ3v) is 3.61. The van der Waals surface area contributed by atoms with Crippen LogP contribution in [0.1, 0.15) is 25.3 Å². The molecule has 0 bridgehead atoms. The Hall–Kier alpha value is -2.55. The second kappa shape index (κ2) is 6.94. The van der Waals surface area contributed by atoms with Gasteiger partial charge in [0.15, 0.2) is 0 Å². The Kier molecular flexibility index (Phi) is 4.54. The van der Waals surface area contributed by atoms with Crippen LogP contribution in [0, 0.1) is 0 Å². The Labute approximate surface area is 131 Å². The zero-order valence-corrected chi connectivity index (χ0v) is 12.7. The molecule has 22 heavy (non-hydrogen) atoms. The highest BCUT2D eigenvalue weighted by Gasteiger charge is 2.09. The summed E-state index contributed by atoms with van der Waals surface area (Å²) in [5, 5.41) is 0. The lowest BCUT2D eigenvalue weighted by Gasteiger charge is -2.08. The Morgan fingerprint density at radius 3 is 2.41 bits per heavy atom. The van der Waals surface area contributed by atoms with E-state index in [4.69, 9.17) is 4.98 Å². The molecule has 3 heteroatoms. The van der Waals surface area contributed by atoms with Crippen LogP contribution >= 0.6 is 0 Å². The largest absolute Gasteiger partial charge is 0.255 e. The maximum absolute atomic E-state index is 4.76. The minimum absolute atomic E-state index is 0.880. The first kappa shape index (κ1) is 14.4. The molecule has 3 heterocycles. The van der Waals surface area contributed by atoms with Gasteiger partial charge in [-0.2, -0.15) is 0 Å². The third kappa shape index (κ3) is 3.19. The van der Waals surface area contributed by atoms with E-state index in [-0.39, 0.29) is 0 Å². The quantitative estimate of drug-likeness (QED) is 0.691. The van der Waals surface area contributed by atoms with Gasteiger partial charge >= 0.3 is 0 Å². The summed E-state index contributed by atoms with van der Waals surface area (Å²) in [6.45, 7) is 2.20. The lowest BCUT2D eigenvalue weighted by atomic mass is 10.0. The third-order valence-electron chi connectivity index (χ3n) is 3.61. The van der Waals surface area contributed by atoms with Crippen molar-refractivity contribution in [3.8, 4) is 22.8 Å². The predicted molar refractivity (Wildman–Crippen MR) is 89.3 cm³/mol. The van der Waals surface area contributed by atoms with E-state index in [0.29, 0.717) is 0 Å². The molecule has 3 aromatic rings. The van der Waals surface area contributed by atoms with E-state index in [2.05, 4.69) is 23.0 Å². The van der Waals surface area contributed by atoms with Crippen LogP contribution in [0.4, 0.5) is 0 Å². The standard InChI is InChI=1S/C19H19N3/c1-2-3-8-15-9-7-14-21-19(15)18-12-6-11-17(22-18)16-10-4-5-13-20-16/h4-7,9-14H,2-3,8H2,1H3. The Morgan fingerprint density at radius 1 is 0.773 bits per heavy atom. The molecule has 0 atom stereocenters. The zero-order chi connectivity index (χ0) is 15.2. The predicted octanol–water partition coefficient (Wildman–Crippen LogP) is 4.55. The smallest absolute Gasteiger partial charge is 0.0918 e. The van der Waals surface area contributed by atoms with E-state index >= 15 is 0 Å². The maximum atomic E-state index is 4.76. The molecular weight excluding hydrogens is 270 g/mol. The second-order valence-corrected chi connectivity index (χ2v) is 5.24. The monoisotopic (exact) mass is 289 g/mol. The number of hydrogen-bond donors (Lipinski definition) is 0. The van der Waals surface area contributed by atoms with Crippen molar-refractivity contribution in [2.24, 2.45) is 0 Å². The number of pyridine rings is 3. The number of unbranched alkanes of at least 4 members (excludes halogenated alkanes) is 1. The molecule has 0 aliphatic rings. The molecule has 3 nitrogen and oxygen atoms in total. The highest BCUT2D eigenvalue weighted by molar-refractivity contribution is 5.63. The number of hydrogen-bond acceptors (Lipinski definition) is 3. The van der Waals surface area contributed by atoms with E-state index in [1.807, 2.05) is 48.7 Å². The van der Waals surface area contributed by atoms with Crippen molar-refractivity contribution in [2.45, 2.75) is 26.2 Å². The Bertz CT molecular complexity index is 738. The van der Waals surface area contributed by atoms with Gasteiger partial charge < -0.3 is 0 Å². The summed E-state index contributed by atoms with van der Waals surface area (Å²) in [5.41, 5.74) is 4.92. The molecular formula is C19H19N3. The van der Waals surface area contributed by atoms with Crippen LogP contribution < -0.4 is 0 Å². The highest BCUT2D eigenvalue weighted by Crippen LogP contribution is 2.23. The van der Waals surface area contributed by atoms with Crippen LogP contribution in [0.3, 0.4) is 0 Å². The van der Waals surface area contributed by atoms with Gasteiger partial charge in [0.05, 0.1) is 22.8 Å². The normalized spacial score (nSPS) is 10.6. The summed E-state index contributed by atoms with van der Waals surface area (Å²) in [6.07, 6.45) is 7.00. The summed E-state index contributed by atoms with van der Waals surface area (Å²) in [6, 6.07) is 16.0. The summed E-state index contributed by atoms with van der Waals surface area (Å²) in [4.78, 5) is 13.7. The van der Waals surface area contributed by atoms with E-state index in [0.717, 1.165) is 29.2 Å². The fraction of sp³-hybridized carbons (Fsp3) is 0.211. The first-order chi connectivity index (χ1) is 10.9. The van der Waals surface area contributed by atoms with Crippen LogP contribution in [-0.4, -0.2) is 15.0 Å². The van der Waals surface area contributed by atoms with Gasteiger partial charge in [0.1, 0.15) is 0 Å². The Balaban J connectivity index is 1.99. The van der Waals surface area contributed by atoms with E-state index in [9.17, 15) is 0 Å². The maximum Gasteiger partial charge on any atom is 0.0918 e. The van der Waals surface area contributed by atoms with Gasteiger partial charge in [-0.15, -0.1) is 0 Å². The van der Waals surface area contributed by atoms with Gasteiger partial charge in [0.2, 0.25) is 0 Å². The van der Waals surface area contributed by atoms with Crippen molar-refractivity contribution in [3.05, 3.63) is 66.5 Å². The topological polar surface area (TPSA) is 38.7 Å². The van der Waals surface area contributed by atoms with Crippen molar-refractivity contribution in [1.82, 2.24) is 15.0 Å². The fourth-order valence-corrected chi connectivity index (χ4v) is 2.46. The van der Waals surface area contributed by atoms with E-state index in [1.54, 1.807) is 6.20 Å². The Morgan fingerprint density at radius 2 is 1.59 bits per heavy atom. The molecule has 3 aromatic heterocycles. The van der Waals surface area contributed by atoms with Gasteiger partial charge in [-0.3, -0.25) is 9.97 Å². The lowest BCUT2D eigenvalue weighted by Crippen LogP contribution is -1.96. The minimum atomic E-state index is 0.880. The van der Waals surface area contributed by atoms with Crippen LogP contribution in [-0.2, 0) is 6.42 Å². The first-order valence-corrected chi connectivity index (χ1v) is 7.71. The van der Waals surface area contributed by atoms with Crippen molar-refractivity contribution in [1.29, 1.82) is 0 Å². The minimum Gasteiger partial charge on any atom is -0.255 e. The molecule has 0 radical (unpaired) electrons. The number of aromatic nitrogens is 3. The second-order valence-electron chi connectivity index (χ2n) is 5.24. The molecule has 0 aliphatic heterocycles. The first-order valence-electron chi connectivity index (χ1n) is 7.71. The molecule has 0 aromatic carbocycles. The van der Waals surface area contributed by atoms with Crippen LogP contribution in [0.2, 0.25) is 0 Å². The van der Waals surface area contributed by atoms with Gasteiger partial charge in [-0.25, -0.2) is 4.98 Å². The van der Waals surface area contributed by atoms with E-state index in [1.165, 1.54) is 18.4 Å². The molecule has 110 valence electrons. The van der Waals surface area contributed by atoms with Gasteiger partial charge in [-0.05, 0) is 48.7 Å². The molecule has 0 amide bonds. The van der Waals surface area contributed by atoms with E-state index < -0.39 is 0 Å². The SMILES string of the molecule is CCCCc1cccnc1-c1cccc(-c2ccccn2)n1. The lowest BCUT2D eigenvalue weighted by molar-refractivity contribution is 0.793. The van der Waals surface area contributed by atoms with Crippen molar-refractivity contribution >= 4 is 0 Å². The number of rotatable bonds is 5. The van der Waals surface area contributed by atoms with Crippen molar-refractivity contribution in [3.63, 3.8) is 0 Å². The van der Waals surface area contributed by atoms with Crippen LogP contribution in [0.5, 0.6) is 0 Å². The molecule has 0 N–H and O–H groups in total. The molecule has 0 aliphatic carbocycles. The summed E-state index contributed by atoms with van der Waals surface area (Å²) < 4.78 is 0. The van der Waals surface area contributed by atoms with Gasteiger partial charge in [0, 0.05) is 12.4 Å². The molecule has 0 saturated heterocycles. The average molecular weight is 289 g/mol. The zero-order valence-electron chi connectivity index (χ0n) is 12.7.